The Morgan fingerprint density at radius 1 is 0.895 bits per heavy atom. The van der Waals surface area contributed by atoms with Crippen molar-refractivity contribution in [3.8, 4) is 11.5 Å². The minimum absolute atomic E-state index is 0.0328. The predicted octanol–water partition coefficient (Wildman–Crippen LogP) is 1.88. The first-order valence-corrected chi connectivity index (χ1v) is 5.80. The van der Waals surface area contributed by atoms with Crippen molar-refractivity contribution >= 4 is 17.3 Å². The largest absolute Gasteiger partial charge is 0.507 e. The summed E-state index contributed by atoms with van der Waals surface area (Å²) in [6, 6.07) is 1.09. The van der Waals surface area contributed by atoms with Crippen LogP contribution in [0.25, 0.3) is 0 Å². The molecule has 100 valence electrons. The van der Waals surface area contributed by atoms with Crippen molar-refractivity contribution in [1.29, 1.82) is 0 Å². The van der Waals surface area contributed by atoms with Gasteiger partial charge >= 0.3 is 0 Å². The number of hydrogen-bond donors (Lipinski definition) is 2. The zero-order valence-corrected chi connectivity index (χ0v) is 11.2. The fraction of sp³-hybridized carbons (Fsp3) is 0.286. The van der Waals surface area contributed by atoms with Gasteiger partial charge in [0.15, 0.2) is 11.6 Å². The number of Topliss-reactive ketones (excluding diaryl/α,β-unsaturated/α-hetero) is 2. The molecule has 5 heteroatoms. The van der Waals surface area contributed by atoms with Gasteiger partial charge in [-0.1, -0.05) is 0 Å². The van der Waals surface area contributed by atoms with Crippen LogP contribution in [0.2, 0.25) is 0 Å². The molecule has 1 aliphatic rings. The summed E-state index contributed by atoms with van der Waals surface area (Å²) in [5, 5.41) is 19.8. The van der Waals surface area contributed by atoms with E-state index in [-0.39, 0.29) is 39.9 Å². The highest BCUT2D eigenvalue weighted by Crippen LogP contribution is 2.42. The minimum Gasteiger partial charge on any atom is -0.507 e. The van der Waals surface area contributed by atoms with Gasteiger partial charge < -0.3 is 15.1 Å². The van der Waals surface area contributed by atoms with Crippen molar-refractivity contribution in [3.63, 3.8) is 0 Å². The summed E-state index contributed by atoms with van der Waals surface area (Å²) < 4.78 is 0. The maximum Gasteiger partial charge on any atom is 0.193 e. The number of carbonyl (C=O) groups excluding carboxylic acids is 2. The van der Waals surface area contributed by atoms with Crippen molar-refractivity contribution in [2.75, 3.05) is 19.0 Å². The molecule has 0 aromatic heterocycles. The molecule has 1 aliphatic carbocycles. The molecule has 0 unspecified atom stereocenters. The van der Waals surface area contributed by atoms with Gasteiger partial charge in [0.05, 0.1) is 16.8 Å². The molecule has 1 aromatic rings. The summed E-state index contributed by atoms with van der Waals surface area (Å²) in [4.78, 5) is 26.1. The number of nitrogens with zero attached hydrogens (tertiary/aromatic N) is 1. The second kappa shape index (κ2) is 4.12. The number of ketones is 2. The molecule has 2 rings (SSSR count). The van der Waals surface area contributed by atoms with E-state index in [1.807, 2.05) is 0 Å². The van der Waals surface area contributed by atoms with E-state index >= 15 is 0 Å². The molecule has 0 saturated carbocycles. The first kappa shape index (κ1) is 13.1. The predicted molar refractivity (Wildman–Crippen MR) is 71.1 cm³/mol. The molecule has 0 saturated heterocycles. The van der Waals surface area contributed by atoms with Gasteiger partial charge in [0.2, 0.25) is 0 Å². The number of hydrogen-bond acceptors (Lipinski definition) is 5. The lowest BCUT2D eigenvalue weighted by atomic mass is 9.83. The van der Waals surface area contributed by atoms with Gasteiger partial charge in [-0.25, -0.2) is 0 Å². The number of phenolic OH excluding ortho intramolecular Hbond substituents is 2. The molecule has 0 heterocycles. The van der Waals surface area contributed by atoms with E-state index in [1.54, 1.807) is 32.8 Å². The van der Waals surface area contributed by atoms with E-state index in [4.69, 9.17) is 0 Å². The van der Waals surface area contributed by atoms with Crippen molar-refractivity contribution in [2.24, 2.45) is 0 Å². The highest BCUT2D eigenvalue weighted by Gasteiger charge is 2.34. The van der Waals surface area contributed by atoms with Gasteiger partial charge in [-0.15, -0.1) is 0 Å². The zero-order valence-electron chi connectivity index (χ0n) is 11.2. The average molecular weight is 261 g/mol. The summed E-state index contributed by atoms with van der Waals surface area (Å²) in [5.41, 5.74) is 0.942. The molecule has 0 bridgehead atoms. The highest BCUT2D eigenvalue weighted by molar-refractivity contribution is 6.29. The Morgan fingerprint density at radius 3 is 1.84 bits per heavy atom. The third kappa shape index (κ3) is 1.69. The number of anilines is 1. The van der Waals surface area contributed by atoms with E-state index in [1.165, 1.54) is 0 Å². The second-order valence-corrected chi connectivity index (χ2v) is 4.82. The Morgan fingerprint density at radius 2 is 1.37 bits per heavy atom. The average Bonchev–Trinajstić information content (AvgIpc) is 2.32. The smallest absolute Gasteiger partial charge is 0.193 e. The van der Waals surface area contributed by atoms with Crippen molar-refractivity contribution in [3.05, 3.63) is 28.3 Å². The van der Waals surface area contributed by atoms with Crippen molar-refractivity contribution < 1.29 is 19.8 Å². The molecular weight excluding hydrogens is 246 g/mol. The van der Waals surface area contributed by atoms with Gasteiger partial charge in [0.25, 0.3) is 0 Å². The summed E-state index contributed by atoms with van der Waals surface area (Å²) in [7, 11) is 3.31. The lowest BCUT2D eigenvalue weighted by Crippen LogP contribution is -2.24. The molecule has 2 N–H and O–H groups in total. The van der Waals surface area contributed by atoms with Crippen molar-refractivity contribution in [1.82, 2.24) is 0 Å². The number of rotatable bonds is 1. The van der Waals surface area contributed by atoms with Gasteiger partial charge in [-0.05, 0) is 13.8 Å². The number of phenols is 2. The zero-order chi connectivity index (χ0) is 14.5. The third-order valence-electron chi connectivity index (χ3n) is 3.40. The quantitative estimate of drug-likeness (QED) is 0.807. The van der Waals surface area contributed by atoms with Crippen molar-refractivity contribution in [2.45, 2.75) is 13.8 Å². The molecular formula is C14H15NO4. The summed E-state index contributed by atoms with van der Waals surface area (Å²) in [6.07, 6.45) is 0. The molecule has 5 nitrogen and oxygen atoms in total. The van der Waals surface area contributed by atoms with Gasteiger partial charge in [0, 0.05) is 31.3 Å². The number of benzene rings is 1. The molecule has 0 fully saturated rings. The van der Waals surface area contributed by atoms with E-state index in [0.717, 1.165) is 6.07 Å². The fourth-order valence-corrected chi connectivity index (χ4v) is 2.26. The normalized spacial score (nSPS) is 14.7. The molecule has 0 spiro atoms. The molecule has 19 heavy (non-hydrogen) atoms. The molecule has 0 aliphatic heterocycles. The Labute approximate surface area is 110 Å². The van der Waals surface area contributed by atoms with E-state index in [2.05, 4.69) is 0 Å². The van der Waals surface area contributed by atoms with E-state index in [0.29, 0.717) is 11.1 Å². The van der Waals surface area contributed by atoms with Crippen LogP contribution in [0, 0.1) is 0 Å². The summed E-state index contributed by atoms with van der Waals surface area (Å²) in [5.74, 6) is -1.33. The maximum absolute atomic E-state index is 12.3. The van der Waals surface area contributed by atoms with Gasteiger partial charge in [-0.3, -0.25) is 9.59 Å². The maximum atomic E-state index is 12.3. The van der Waals surface area contributed by atoms with Crippen LogP contribution in [0.5, 0.6) is 11.5 Å². The molecule has 1 aromatic carbocycles. The van der Waals surface area contributed by atoms with Crippen LogP contribution >= 0.6 is 0 Å². The fourth-order valence-electron chi connectivity index (χ4n) is 2.26. The van der Waals surface area contributed by atoms with E-state index in [9.17, 15) is 19.8 Å². The SMILES string of the molecule is CC1=C(C)C(=O)c2c(c(O)cc(O)c2N(C)C)C1=O. The first-order valence-electron chi connectivity index (χ1n) is 5.80. The number of fused-ring (bicyclic) bond motifs is 1. The molecule has 0 amide bonds. The summed E-state index contributed by atoms with van der Waals surface area (Å²) >= 11 is 0. The highest BCUT2D eigenvalue weighted by atomic mass is 16.3. The van der Waals surface area contributed by atoms with E-state index < -0.39 is 0 Å². The number of allylic oxidation sites excluding steroid dienone is 2. The van der Waals surface area contributed by atoms with Crippen LogP contribution in [0.4, 0.5) is 5.69 Å². The monoisotopic (exact) mass is 261 g/mol. The standard InChI is InChI=1S/C14H15NO4/c1-6-7(2)14(19)11-10(13(6)18)8(16)5-9(17)12(11)15(3)4/h5,16-17H,1-4H3. The molecule has 0 atom stereocenters. The van der Waals surface area contributed by atoms with Gasteiger partial charge in [-0.2, -0.15) is 0 Å². The van der Waals surface area contributed by atoms with Crippen LogP contribution in [0.3, 0.4) is 0 Å². The van der Waals surface area contributed by atoms with Gasteiger partial charge in [0.1, 0.15) is 11.5 Å². The topological polar surface area (TPSA) is 77.8 Å². The second-order valence-electron chi connectivity index (χ2n) is 4.82. The van der Waals surface area contributed by atoms with Crippen LogP contribution in [0.15, 0.2) is 17.2 Å². The number of carbonyl (C=O) groups is 2. The Balaban J connectivity index is 2.92. The summed E-state index contributed by atoms with van der Waals surface area (Å²) in [6.45, 7) is 3.12. The lowest BCUT2D eigenvalue weighted by molar-refractivity contribution is 0.0972. The Kier molecular flexibility index (Phi) is 2.85. The third-order valence-corrected chi connectivity index (χ3v) is 3.40. The van der Waals surface area contributed by atoms with Crippen LogP contribution in [-0.4, -0.2) is 35.9 Å². The molecule has 0 radical (unpaired) electrons. The minimum atomic E-state index is -0.382. The van der Waals surface area contributed by atoms with Crippen LogP contribution < -0.4 is 4.90 Å². The Bertz CT molecular complexity index is 641. The number of aromatic hydroxyl groups is 2. The van der Waals surface area contributed by atoms with Crippen LogP contribution in [0.1, 0.15) is 34.6 Å². The Hall–Kier alpha value is -2.30. The van der Waals surface area contributed by atoms with Crippen LogP contribution in [-0.2, 0) is 0 Å². The first-order chi connectivity index (χ1) is 8.77. The lowest BCUT2D eigenvalue weighted by Gasteiger charge is -2.25.